The van der Waals surface area contributed by atoms with Crippen LogP contribution in [0.1, 0.15) is 78.1 Å². The zero-order chi connectivity index (χ0) is 20.6. The maximum Gasteiger partial charge on any atom is 0.205 e. The van der Waals surface area contributed by atoms with E-state index in [0.717, 1.165) is 30.6 Å². The van der Waals surface area contributed by atoms with E-state index in [0.29, 0.717) is 12.5 Å². The molecule has 0 bridgehead atoms. The van der Waals surface area contributed by atoms with Gasteiger partial charge in [-0.25, -0.2) is 0 Å². The SMILES string of the molecule is C/C=C/Oc1ccc(OCC2CCC(C3CCC(CCC)CC3)CC2)c(F)c1F. The highest BCUT2D eigenvalue weighted by Gasteiger charge is 2.31. The lowest BCUT2D eigenvalue weighted by Gasteiger charge is -2.37. The maximum atomic E-state index is 14.2. The minimum absolute atomic E-state index is 0.0216. The van der Waals surface area contributed by atoms with E-state index in [4.69, 9.17) is 9.47 Å². The summed E-state index contributed by atoms with van der Waals surface area (Å²) in [5, 5.41) is 0. The fourth-order valence-corrected chi connectivity index (χ4v) is 5.25. The third kappa shape index (κ3) is 5.96. The molecular formula is C25H36F2O2. The monoisotopic (exact) mass is 406 g/mol. The van der Waals surface area contributed by atoms with Crippen LogP contribution in [0.2, 0.25) is 0 Å². The number of benzene rings is 1. The average Bonchev–Trinajstić information content (AvgIpc) is 2.75. The molecule has 2 aliphatic carbocycles. The molecular weight excluding hydrogens is 370 g/mol. The summed E-state index contributed by atoms with van der Waals surface area (Å²) in [4.78, 5) is 0. The van der Waals surface area contributed by atoms with Crippen LogP contribution in [0.25, 0.3) is 0 Å². The fourth-order valence-electron chi connectivity index (χ4n) is 5.25. The Morgan fingerprint density at radius 1 is 0.862 bits per heavy atom. The summed E-state index contributed by atoms with van der Waals surface area (Å²) in [7, 11) is 0. The summed E-state index contributed by atoms with van der Waals surface area (Å²) in [6, 6.07) is 2.87. The highest BCUT2D eigenvalue weighted by Crippen LogP contribution is 2.42. The number of hydrogen-bond donors (Lipinski definition) is 0. The van der Waals surface area contributed by atoms with Gasteiger partial charge in [-0.2, -0.15) is 8.78 Å². The van der Waals surface area contributed by atoms with Crippen LogP contribution in [0.3, 0.4) is 0 Å². The lowest BCUT2D eigenvalue weighted by molar-refractivity contribution is 0.120. The molecule has 2 aliphatic rings. The largest absolute Gasteiger partial charge is 0.490 e. The third-order valence-electron chi connectivity index (χ3n) is 6.96. The number of halogens is 2. The molecule has 2 fully saturated rings. The van der Waals surface area contributed by atoms with Crippen LogP contribution in [-0.4, -0.2) is 6.61 Å². The Bertz CT molecular complexity index is 657. The number of ether oxygens (including phenoxy) is 2. The zero-order valence-electron chi connectivity index (χ0n) is 18.0. The Labute approximate surface area is 174 Å². The minimum atomic E-state index is -0.997. The Morgan fingerprint density at radius 3 is 2.00 bits per heavy atom. The second-order valence-corrected chi connectivity index (χ2v) is 8.94. The first-order valence-corrected chi connectivity index (χ1v) is 11.5. The van der Waals surface area contributed by atoms with Gasteiger partial charge in [0.15, 0.2) is 11.5 Å². The quantitative estimate of drug-likeness (QED) is 0.412. The lowest BCUT2D eigenvalue weighted by atomic mass is 9.69. The summed E-state index contributed by atoms with van der Waals surface area (Å²) in [6.45, 7) is 4.50. The van der Waals surface area contributed by atoms with Gasteiger partial charge >= 0.3 is 0 Å². The van der Waals surface area contributed by atoms with Crippen LogP contribution >= 0.6 is 0 Å². The highest BCUT2D eigenvalue weighted by atomic mass is 19.2. The molecule has 1 aromatic rings. The van der Waals surface area contributed by atoms with Crippen LogP contribution < -0.4 is 9.47 Å². The van der Waals surface area contributed by atoms with Crippen LogP contribution in [-0.2, 0) is 0 Å². The van der Waals surface area contributed by atoms with Crippen LogP contribution in [0.15, 0.2) is 24.5 Å². The van der Waals surface area contributed by atoms with Crippen LogP contribution in [0, 0.1) is 35.3 Å². The molecule has 0 saturated heterocycles. The van der Waals surface area contributed by atoms with Crippen molar-refractivity contribution >= 4 is 0 Å². The topological polar surface area (TPSA) is 18.5 Å². The van der Waals surface area contributed by atoms with E-state index in [9.17, 15) is 8.78 Å². The molecule has 162 valence electrons. The van der Waals surface area contributed by atoms with Gasteiger partial charge in [-0.1, -0.05) is 38.7 Å². The molecule has 0 aromatic heterocycles. The van der Waals surface area contributed by atoms with Gasteiger partial charge in [0, 0.05) is 0 Å². The summed E-state index contributed by atoms with van der Waals surface area (Å²) < 4.78 is 39.0. The van der Waals surface area contributed by atoms with E-state index in [1.807, 2.05) is 0 Å². The van der Waals surface area contributed by atoms with Crippen molar-refractivity contribution in [2.75, 3.05) is 6.61 Å². The second-order valence-electron chi connectivity index (χ2n) is 8.94. The normalized spacial score (nSPS) is 27.9. The van der Waals surface area contributed by atoms with Gasteiger partial charge in [0.2, 0.25) is 11.6 Å². The molecule has 0 heterocycles. The van der Waals surface area contributed by atoms with Crippen molar-refractivity contribution in [2.45, 2.75) is 78.1 Å². The van der Waals surface area contributed by atoms with E-state index < -0.39 is 11.6 Å². The van der Waals surface area contributed by atoms with E-state index in [1.165, 1.54) is 69.8 Å². The summed E-state index contributed by atoms with van der Waals surface area (Å²) in [6.07, 6.45) is 16.1. The van der Waals surface area contributed by atoms with Crippen molar-refractivity contribution in [3.63, 3.8) is 0 Å². The van der Waals surface area contributed by atoms with Gasteiger partial charge in [-0.3, -0.25) is 0 Å². The number of hydrogen-bond acceptors (Lipinski definition) is 2. The Kier molecular flexibility index (Phi) is 8.38. The van der Waals surface area contributed by atoms with Gasteiger partial charge in [0.25, 0.3) is 0 Å². The van der Waals surface area contributed by atoms with Crippen molar-refractivity contribution < 1.29 is 18.3 Å². The van der Waals surface area contributed by atoms with Crippen molar-refractivity contribution in [1.82, 2.24) is 0 Å². The summed E-state index contributed by atoms with van der Waals surface area (Å²) in [5.74, 6) is 1.05. The van der Waals surface area contributed by atoms with Gasteiger partial charge in [-0.15, -0.1) is 0 Å². The maximum absolute atomic E-state index is 14.2. The molecule has 2 saturated carbocycles. The van der Waals surface area contributed by atoms with Crippen molar-refractivity contribution in [3.8, 4) is 11.5 Å². The summed E-state index contributed by atoms with van der Waals surface area (Å²) in [5.41, 5.74) is 0. The molecule has 4 heteroatoms. The van der Waals surface area contributed by atoms with Crippen molar-refractivity contribution in [1.29, 1.82) is 0 Å². The molecule has 3 rings (SSSR count). The third-order valence-corrected chi connectivity index (χ3v) is 6.96. The predicted molar refractivity (Wildman–Crippen MR) is 113 cm³/mol. The average molecular weight is 407 g/mol. The van der Waals surface area contributed by atoms with E-state index in [2.05, 4.69) is 6.92 Å². The lowest BCUT2D eigenvalue weighted by Crippen LogP contribution is -2.27. The molecule has 0 spiro atoms. The van der Waals surface area contributed by atoms with Crippen molar-refractivity contribution in [2.24, 2.45) is 23.7 Å². The molecule has 29 heavy (non-hydrogen) atoms. The van der Waals surface area contributed by atoms with E-state index in [1.54, 1.807) is 13.0 Å². The van der Waals surface area contributed by atoms with Crippen LogP contribution in [0.4, 0.5) is 8.78 Å². The van der Waals surface area contributed by atoms with E-state index >= 15 is 0 Å². The number of allylic oxidation sites excluding steroid dienone is 1. The van der Waals surface area contributed by atoms with Crippen molar-refractivity contribution in [3.05, 3.63) is 36.1 Å². The fraction of sp³-hybridized carbons (Fsp3) is 0.680. The molecule has 1 aromatic carbocycles. The number of rotatable bonds is 8. The Balaban J connectivity index is 1.43. The molecule has 0 amide bonds. The minimum Gasteiger partial charge on any atom is -0.490 e. The molecule has 2 nitrogen and oxygen atoms in total. The van der Waals surface area contributed by atoms with Crippen LogP contribution in [0.5, 0.6) is 11.5 Å². The Morgan fingerprint density at radius 2 is 1.41 bits per heavy atom. The van der Waals surface area contributed by atoms with Gasteiger partial charge in [0.1, 0.15) is 0 Å². The molecule has 0 aliphatic heterocycles. The Hall–Kier alpha value is -1.58. The van der Waals surface area contributed by atoms with Gasteiger partial charge in [0.05, 0.1) is 12.9 Å². The first-order valence-electron chi connectivity index (χ1n) is 11.5. The second kappa shape index (κ2) is 11.0. The van der Waals surface area contributed by atoms with Gasteiger partial charge in [-0.05, 0) is 81.3 Å². The first kappa shape index (κ1) is 22.1. The molecule has 0 atom stereocenters. The predicted octanol–water partition coefficient (Wildman–Crippen LogP) is 7.67. The highest BCUT2D eigenvalue weighted by molar-refractivity contribution is 5.35. The standard InChI is InChI=1S/C25H36F2O2/c1-3-5-18-6-10-20(11-7-18)21-12-8-19(9-13-21)17-29-23-15-14-22(28-16-4-2)24(26)25(23)27/h4,14-16,18-21H,3,5-13,17H2,1-2H3/b16-4+. The zero-order valence-corrected chi connectivity index (χ0v) is 18.0. The van der Waals surface area contributed by atoms with Gasteiger partial charge < -0.3 is 9.47 Å². The summed E-state index contributed by atoms with van der Waals surface area (Å²) >= 11 is 0. The molecule has 0 unspecified atom stereocenters. The first-order chi connectivity index (χ1) is 14.1. The van der Waals surface area contributed by atoms with E-state index in [-0.39, 0.29) is 11.5 Å². The smallest absolute Gasteiger partial charge is 0.205 e. The molecule has 0 radical (unpaired) electrons. The molecule has 0 N–H and O–H groups in total.